The number of hydrogen-bond donors (Lipinski definition) is 0. The number of ether oxygens (including phenoxy) is 2. The standard InChI is InChI=1S/C18H30N2O2/c1-4-17-15-19(8-9-20(17)11-12-21-3)10-13-22-18-7-5-6-16(2)14-18/h5-7,14,17H,4,8-13,15H2,1-3H3. The fraction of sp³-hybridized carbons (Fsp3) is 0.667. The van der Waals surface area contributed by atoms with Crippen LogP contribution >= 0.6 is 0 Å². The first-order valence-electron chi connectivity index (χ1n) is 8.37. The Morgan fingerprint density at radius 3 is 2.77 bits per heavy atom. The molecule has 1 saturated heterocycles. The summed E-state index contributed by atoms with van der Waals surface area (Å²) in [5.74, 6) is 0.978. The largest absolute Gasteiger partial charge is 0.492 e. The summed E-state index contributed by atoms with van der Waals surface area (Å²) < 4.78 is 11.1. The molecule has 1 aromatic carbocycles. The van der Waals surface area contributed by atoms with E-state index >= 15 is 0 Å². The maximum Gasteiger partial charge on any atom is 0.119 e. The molecule has 0 bridgehead atoms. The lowest BCUT2D eigenvalue weighted by Gasteiger charge is -2.41. The van der Waals surface area contributed by atoms with Gasteiger partial charge in [-0.05, 0) is 31.0 Å². The quantitative estimate of drug-likeness (QED) is 0.736. The Morgan fingerprint density at radius 1 is 1.18 bits per heavy atom. The Bertz CT molecular complexity index is 439. The minimum atomic E-state index is 0.642. The molecule has 0 amide bonds. The predicted molar refractivity (Wildman–Crippen MR) is 90.6 cm³/mol. The molecule has 1 fully saturated rings. The number of aryl methyl sites for hydroxylation is 1. The molecule has 1 aromatic rings. The number of piperazine rings is 1. The van der Waals surface area contributed by atoms with Gasteiger partial charge in [0.2, 0.25) is 0 Å². The molecule has 124 valence electrons. The molecule has 1 aliphatic rings. The van der Waals surface area contributed by atoms with Gasteiger partial charge in [-0.15, -0.1) is 0 Å². The van der Waals surface area contributed by atoms with Crippen LogP contribution in [-0.4, -0.2) is 68.9 Å². The molecular formula is C18H30N2O2. The Morgan fingerprint density at radius 2 is 2.05 bits per heavy atom. The van der Waals surface area contributed by atoms with E-state index in [0.717, 1.165) is 51.7 Å². The van der Waals surface area contributed by atoms with E-state index in [2.05, 4.69) is 35.8 Å². The van der Waals surface area contributed by atoms with E-state index in [9.17, 15) is 0 Å². The summed E-state index contributed by atoms with van der Waals surface area (Å²) in [5, 5.41) is 0. The van der Waals surface area contributed by atoms with Crippen molar-refractivity contribution in [2.45, 2.75) is 26.3 Å². The molecule has 0 aromatic heterocycles. The molecule has 22 heavy (non-hydrogen) atoms. The number of nitrogens with zero attached hydrogens (tertiary/aromatic N) is 2. The maximum absolute atomic E-state index is 5.87. The van der Waals surface area contributed by atoms with Gasteiger partial charge in [0.15, 0.2) is 0 Å². The van der Waals surface area contributed by atoms with Crippen LogP contribution in [0.1, 0.15) is 18.9 Å². The highest BCUT2D eigenvalue weighted by atomic mass is 16.5. The SMILES string of the molecule is CCC1CN(CCOc2cccc(C)c2)CCN1CCOC. The van der Waals surface area contributed by atoms with Crippen LogP contribution in [0.5, 0.6) is 5.75 Å². The van der Waals surface area contributed by atoms with Crippen molar-refractivity contribution in [3.63, 3.8) is 0 Å². The summed E-state index contributed by atoms with van der Waals surface area (Å²) in [6.07, 6.45) is 1.19. The van der Waals surface area contributed by atoms with Gasteiger partial charge in [0.05, 0.1) is 6.61 Å². The number of hydrogen-bond acceptors (Lipinski definition) is 4. The third-order valence-corrected chi connectivity index (χ3v) is 4.41. The third-order valence-electron chi connectivity index (χ3n) is 4.41. The molecule has 1 atom stereocenters. The third kappa shape index (κ3) is 5.27. The number of benzene rings is 1. The monoisotopic (exact) mass is 306 g/mol. The van der Waals surface area contributed by atoms with Crippen LogP contribution in [0, 0.1) is 6.92 Å². The first-order chi connectivity index (χ1) is 10.7. The van der Waals surface area contributed by atoms with E-state index in [4.69, 9.17) is 9.47 Å². The van der Waals surface area contributed by atoms with Gasteiger partial charge >= 0.3 is 0 Å². The van der Waals surface area contributed by atoms with Crippen molar-refractivity contribution in [1.29, 1.82) is 0 Å². The van der Waals surface area contributed by atoms with Crippen molar-refractivity contribution in [3.05, 3.63) is 29.8 Å². The molecule has 1 unspecified atom stereocenters. The molecule has 0 aliphatic carbocycles. The zero-order valence-electron chi connectivity index (χ0n) is 14.3. The summed E-state index contributed by atoms with van der Waals surface area (Å²) in [6.45, 7) is 11.4. The van der Waals surface area contributed by atoms with Crippen LogP contribution in [0.3, 0.4) is 0 Å². The van der Waals surface area contributed by atoms with Crippen molar-refractivity contribution < 1.29 is 9.47 Å². The molecule has 4 heteroatoms. The second kappa shape index (κ2) is 9.13. The van der Waals surface area contributed by atoms with Crippen molar-refractivity contribution in [1.82, 2.24) is 9.80 Å². The second-order valence-electron chi connectivity index (χ2n) is 6.06. The van der Waals surface area contributed by atoms with Gasteiger partial charge in [0, 0.05) is 45.9 Å². The lowest BCUT2D eigenvalue weighted by molar-refractivity contribution is 0.0444. The summed E-state index contributed by atoms with van der Waals surface area (Å²) in [4.78, 5) is 5.08. The lowest BCUT2D eigenvalue weighted by atomic mass is 10.1. The van der Waals surface area contributed by atoms with Gasteiger partial charge < -0.3 is 9.47 Å². The second-order valence-corrected chi connectivity index (χ2v) is 6.06. The Hall–Kier alpha value is -1.10. The molecule has 0 radical (unpaired) electrons. The first kappa shape index (κ1) is 17.3. The number of rotatable bonds is 8. The fourth-order valence-corrected chi connectivity index (χ4v) is 3.05. The minimum absolute atomic E-state index is 0.642. The van der Waals surface area contributed by atoms with Gasteiger partial charge in [-0.2, -0.15) is 0 Å². The summed E-state index contributed by atoms with van der Waals surface area (Å²) in [7, 11) is 1.78. The van der Waals surface area contributed by atoms with Gasteiger partial charge in [-0.3, -0.25) is 9.80 Å². The van der Waals surface area contributed by atoms with Gasteiger partial charge in [-0.25, -0.2) is 0 Å². The van der Waals surface area contributed by atoms with Crippen LogP contribution in [0.25, 0.3) is 0 Å². The van der Waals surface area contributed by atoms with Gasteiger partial charge in [0.25, 0.3) is 0 Å². The lowest BCUT2D eigenvalue weighted by Crippen LogP contribution is -2.54. The van der Waals surface area contributed by atoms with E-state index in [1.165, 1.54) is 12.0 Å². The average Bonchev–Trinajstić information content (AvgIpc) is 2.53. The van der Waals surface area contributed by atoms with E-state index in [0.29, 0.717) is 6.04 Å². The molecule has 0 saturated carbocycles. The Balaban J connectivity index is 1.73. The van der Waals surface area contributed by atoms with Crippen molar-refractivity contribution in [2.75, 3.05) is 53.0 Å². The molecule has 1 aliphatic heterocycles. The molecule has 0 N–H and O–H groups in total. The minimum Gasteiger partial charge on any atom is -0.492 e. The fourth-order valence-electron chi connectivity index (χ4n) is 3.05. The van der Waals surface area contributed by atoms with E-state index < -0.39 is 0 Å². The highest BCUT2D eigenvalue weighted by Gasteiger charge is 2.24. The van der Waals surface area contributed by atoms with Crippen LogP contribution in [-0.2, 0) is 4.74 Å². The highest BCUT2D eigenvalue weighted by Crippen LogP contribution is 2.14. The van der Waals surface area contributed by atoms with Gasteiger partial charge in [-0.1, -0.05) is 19.1 Å². The highest BCUT2D eigenvalue weighted by molar-refractivity contribution is 5.27. The molecule has 2 rings (SSSR count). The topological polar surface area (TPSA) is 24.9 Å². The van der Waals surface area contributed by atoms with Crippen LogP contribution in [0.4, 0.5) is 0 Å². The van der Waals surface area contributed by atoms with Crippen LogP contribution < -0.4 is 4.74 Å². The Kier molecular flexibility index (Phi) is 7.16. The number of methoxy groups -OCH3 is 1. The van der Waals surface area contributed by atoms with Crippen molar-refractivity contribution in [3.8, 4) is 5.75 Å². The summed E-state index contributed by atoms with van der Waals surface area (Å²) >= 11 is 0. The molecule has 1 heterocycles. The Labute approximate surface area is 135 Å². The maximum atomic E-state index is 5.87. The molecule has 0 spiro atoms. The average molecular weight is 306 g/mol. The van der Waals surface area contributed by atoms with E-state index in [-0.39, 0.29) is 0 Å². The molecule has 4 nitrogen and oxygen atoms in total. The smallest absolute Gasteiger partial charge is 0.119 e. The van der Waals surface area contributed by atoms with E-state index in [1.807, 2.05) is 12.1 Å². The normalized spacial score (nSPS) is 20.2. The predicted octanol–water partition coefficient (Wildman–Crippen LogP) is 2.42. The zero-order valence-corrected chi connectivity index (χ0v) is 14.3. The van der Waals surface area contributed by atoms with Gasteiger partial charge in [0.1, 0.15) is 12.4 Å². The van der Waals surface area contributed by atoms with Crippen LogP contribution in [0.2, 0.25) is 0 Å². The summed E-state index contributed by atoms with van der Waals surface area (Å²) in [5.41, 5.74) is 1.25. The van der Waals surface area contributed by atoms with Crippen molar-refractivity contribution >= 4 is 0 Å². The summed E-state index contributed by atoms with van der Waals surface area (Å²) in [6, 6.07) is 8.91. The zero-order chi connectivity index (χ0) is 15.8. The molecular weight excluding hydrogens is 276 g/mol. The van der Waals surface area contributed by atoms with Crippen LogP contribution in [0.15, 0.2) is 24.3 Å². The van der Waals surface area contributed by atoms with E-state index in [1.54, 1.807) is 7.11 Å². The first-order valence-corrected chi connectivity index (χ1v) is 8.37. The van der Waals surface area contributed by atoms with Crippen molar-refractivity contribution in [2.24, 2.45) is 0 Å².